The predicted molar refractivity (Wildman–Crippen MR) is 74.5 cm³/mol. The molecule has 0 aliphatic carbocycles. The van der Waals surface area contributed by atoms with Crippen molar-refractivity contribution in [2.24, 2.45) is 5.41 Å². The number of hydrogen-bond acceptors (Lipinski definition) is 2. The fourth-order valence-electron chi connectivity index (χ4n) is 2.24. The van der Waals surface area contributed by atoms with Gasteiger partial charge in [0.05, 0.1) is 10.9 Å². The number of benzene rings is 1. The largest absolute Gasteiger partial charge is 0.477 e. The molecule has 0 spiro atoms. The molecule has 0 fully saturated rings. The molecule has 2 aromatic rings. The first-order valence-corrected chi connectivity index (χ1v) is 6.35. The molecule has 0 amide bonds. The summed E-state index contributed by atoms with van der Waals surface area (Å²) in [5, 5.41) is 8.82. The zero-order valence-electron chi connectivity index (χ0n) is 11.9. The zero-order valence-corrected chi connectivity index (χ0v) is 11.9. The van der Waals surface area contributed by atoms with Crippen LogP contribution in [0.5, 0.6) is 0 Å². The van der Waals surface area contributed by atoms with E-state index >= 15 is 0 Å². The van der Waals surface area contributed by atoms with E-state index in [1.807, 2.05) is 20.8 Å². The minimum absolute atomic E-state index is 0.0821. The molecule has 0 aliphatic rings. The van der Waals surface area contributed by atoms with Gasteiger partial charge >= 0.3 is 5.97 Å². The quantitative estimate of drug-likeness (QED) is 0.926. The first kappa shape index (κ1) is 15.2. The van der Waals surface area contributed by atoms with Gasteiger partial charge in [-0.05, 0) is 11.5 Å². The van der Waals surface area contributed by atoms with Gasteiger partial charge < -0.3 is 9.67 Å². The van der Waals surface area contributed by atoms with Crippen LogP contribution < -0.4 is 5.43 Å². The molecular weight excluding hydrogens is 280 g/mol. The number of fused-ring (bicyclic) bond motifs is 1. The lowest BCUT2D eigenvalue weighted by molar-refractivity contribution is 0.0694. The number of halogens is 2. The fourth-order valence-corrected chi connectivity index (χ4v) is 2.24. The second-order valence-corrected chi connectivity index (χ2v) is 6.15. The van der Waals surface area contributed by atoms with Gasteiger partial charge in [0.1, 0.15) is 11.4 Å². The van der Waals surface area contributed by atoms with Crippen LogP contribution in [0.1, 0.15) is 31.1 Å². The molecule has 0 saturated heterocycles. The summed E-state index contributed by atoms with van der Waals surface area (Å²) in [5.74, 6) is -3.22. The molecule has 0 atom stereocenters. The number of hydrogen-bond donors (Lipinski definition) is 1. The Morgan fingerprint density at radius 2 is 1.90 bits per heavy atom. The van der Waals surface area contributed by atoms with E-state index in [2.05, 4.69) is 0 Å². The van der Waals surface area contributed by atoms with Crippen LogP contribution in [0.4, 0.5) is 8.78 Å². The third kappa shape index (κ3) is 2.94. The van der Waals surface area contributed by atoms with E-state index in [9.17, 15) is 18.4 Å². The molecule has 21 heavy (non-hydrogen) atoms. The van der Waals surface area contributed by atoms with Gasteiger partial charge in [-0.25, -0.2) is 13.6 Å². The summed E-state index contributed by atoms with van der Waals surface area (Å²) >= 11 is 0. The highest BCUT2D eigenvalue weighted by atomic mass is 19.1. The van der Waals surface area contributed by atoms with Crippen molar-refractivity contribution in [1.29, 1.82) is 0 Å². The lowest BCUT2D eigenvalue weighted by Crippen LogP contribution is -2.23. The average molecular weight is 295 g/mol. The van der Waals surface area contributed by atoms with E-state index in [-0.39, 0.29) is 22.9 Å². The second-order valence-electron chi connectivity index (χ2n) is 6.15. The standard InChI is InChI=1S/C15H15F2NO3/c1-15(2,3)7-18-6-10(14(20)21)13(19)9-4-8(16)5-11(17)12(9)18/h4-6H,7H2,1-3H3,(H,20,21). The maximum Gasteiger partial charge on any atom is 0.341 e. The Kier molecular flexibility index (Phi) is 3.57. The molecule has 4 nitrogen and oxygen atoms in total. The van der Waals surface area contributed by atoms with Crippen LogP contribution in [0.2, 0.25) is 0 Å². The summed E-state index contributed by atoms with van der Waals surface area (Å²) in [6.45, 7) is 5.95. The van der Waals surface area contributed by atoms with Crippen molar-refractivity contribution in [2.45, 2.75) is 27.3 Å². The van der Waals surface area contributed by atoms with Crippen molar-refractivity contribution in [3.63, 3.8) is 0 Å². The maximum absolute atomic E-state index is 14.0. The normalized spacial score (nSPS) is 11.9. The zero-order chi connectivity index (χ0) is 15.9. The van der Waals surface area contributed by atoms with Gasteiger partial charge in [-0.15, -0.1) is 0 Å². The first-order chi connectivity index (χ1) is 9.60. The van der Waals surface area contributed by atoms with E-state index in [1.165, 1.54) is 4.57 Å². The number of carboxylic acid groups (broad SMARTS) is 1. The second kappa shape index (κ2) is 4.95. The summed E-state index contributed by atoms with van der Waals surface area (Å²) in [6.07, 6.45) is 1.11. The topological polar surface area (TPSA) is 59.3 Å². The summed E-state index contributed by atoms with van der Waals surface area (Å²) in [7, 11) is 0. The molecule has 112 valence electrons. The average Bonchev–Trinajstić information content (AvgIpc) is 2.29. The van der Waals surface area contributed by atoms with Crippen molar-refractivity contribution in [2.75, 3.05) is 0 Å². The Morgan fingerprint density at radius 3 is 2.43 bits per heavy atom. The van der Waals surface area contributed by atoms with E-state index < -0.39 is 28.6 Å². The summed E-state index contributed by atoms with van der Waals surface area (Å²) in [4.78, 5) is 23.2. The third-order valence-electron chi connectivity index (χ3n) is 2.96. The Hall–Kier alpha value is -2.24. The highest BCUT2D eigenvalue weighted by molar-refractivity contribution is 5.92. The van der Waals surface area contributed by atoms with Gasteiger partial charge in [-0.3, -0.25) is 4.79 Å². The minimum Gasteiger partial charge on any atom is -0.477 e. The Morgan fingerprint density at radius 1 is 1.29 bits per heavy atom. The Balaban J connectivity index is 2.92. The number of carboxylic acids is 1. The van der Waals surface area contributed by atoms with E-state index in [1.54, 1.807) is 0 Å². The molecule has 0 aliphatic heterocycles. The van der Waals surface area contributed by atoms with Crippen LogP contribution in [0.15, 0.2) is 23.1 Å². The number of aromatic nitrogens is 1. The van der Waals surface area contributed by atoms with Gasteiger partial charge in [0, 0.05) is 18.8 Å². The van der Waals surface area contributed by atoms with Gasteiger partial charge in [-0.2, -0.15) is 0 Å². The van der Waals surface area contributed by atoms with Gasteiger partial charge in [0.15, 0.2) is 5.82 Å². The summed E-state index contributed by atoms with van der Waals surface area (Å²) in [6, 6.07) is 1.55. The number of pyridine rings is 1. The van der Waals surface area contributed by atoms with Crippen molar-refractivity contribution in [1.82, 2.24) is 4.57 Å². The van der Waals surface area contributed by atoms with Gasteiger partial charge in [0.25, 0.3) is 0 Å². The molecule has 1 N–H and O–H groups in total. The minimum atomic E-state index is -1.42. The molecular formula is C15H15F2NO3. The SMILES string of the molecule is CC(C)(C)Cn1cc(C(=O)O)c(=O)c2cc(F)cc(F)c21. The number of carbonyl (C=O) groups is 1. The third-order valence-corrected chi connectivity index (χ3v) is 2.96. The van der Waals surface area contributed by atoms with Crippen LogP contribution in [-0.4, -0.2) is 15.6 Å². The fraction of sp³-hybridized carbons (Fsp3) is 0.333. The molecule has 1 aromatic heterocycles. The van der Waals surface area contributed by atoms with Gasteiger partial charge in [0.2, 0.25) is 5.43 Å². The van der Waals surface area contributed by atoms with Crippen LogP contribution >= 0.6 is 0 Å². The van der Waals surface area contributed by atoms with Crippen LogP contribution in [0.3, 0.4) is 0 Å². The monoisotopic (exact) mass is 295 g/mol. The molecule has 2 rings (SSSR count). The van der Waals surface area contributed by atoms with Crippen LogP contribution in [0, 0.1) is 17.0 Å². The molecule has 0 bridgehead atoms. The van der Waals surface area contributed by atoms with E-state index in [4.69, 9.17) is 5.11 Å². The van der Waals surface area contributed by atoms with Crippen molar-refractivity contribution in [3.8, 4) is 0 Å². The highest BCUT2D eigenvalue weighted by Gasteiger charge is 2.20. The Labute approximate surface area is 119 Å². The lowest BCUT2D eigenvalue weighted by Gasteiger charge is -2.22. The highest BCUT2D eigenvalue weighted by Crippen LogP contribution is 2.23. The molecule has 1 aromatic carbocycles. The van der Waals surface area contributed by atoms with Crippen molar-refractivity contribution < 1.29 is 18.7 Å². The molecule has 0 unspecified atom stereocenters. The van der Waals surface area contributed by atoms with Crippen LogP contribution in [0.25, 0.3) is 10.9 Å². The predicted octanol–water partition coefficient (Wildman–Crippen LogP) is 3.02. The molecule has 0 radical (unpaired) electrons. The van der Waals surface area contributed by atoms with Gasteiger partial charge in [-0.1, -0.05) is 20.8 Å². The van der Waals surface area contributed by atoms with Crippen molar-refractivity contribution in [3.05, 3.63) is 45.8 Å². The van der Waals surface area contributed by atoms with Crippen LogP contribution in [-0.2, 0) is 6.54 Å². The molecule has 6 heteroatoms. The molecule has 1 heterocycles. The number of rotatable bonds is 2. The van der Waals surface area contributed by atoms with E-state index in [0.29, 0.717) is 6.07 Å². The molecule has 0 saturated carbocycles. The van der Waals surface area contributed by atoms with E-state index in [0.717, 1.165) is 12.3 Å². The Bertz CT molecular complexity index is 788. The number of aromatic carboxylic acids is 1. The maximum atomic E-state index is 14.0. The summed E-state index contributed by atoms with van der Waals surface area (Å²) < 4.78 is 28.7. The smallest absolute Gasteiger partial charge is 0.341 e. The number of nitrogens with zero attached hydrogens (tertiary/aromatic N) is 1. The summed E-state index contributed by atoms with van der Waals surface area (Å²) in [5.41, 5.74) is -1.75. The van der Waals surface area contributed by atoms with Crippen molar-refractivity contribution >= 4 is 16.9 Å². The lowest BCUT2D eigenvalue weighted by atomic mass is 9.96. The first-order valence-electron chi connectivity index (χ1n) is 6.35.